The Morgan fingerprint density at radius 1 is 1.31 bits per heavy atom. The molecule has 0 spiro atoms. The number of aryl methyl sites for hydroxylation is 1. The summed E-state index contributed by atoms with van der Waals surface area (Å²) in [5, 5.41) is 10.7. The number of carbonyl (C=O) groups excluding carboxylic acids is 1. The van der Waals surface area contributed by atoms with Crippen molar-refractivity contribution in [3.05, 3.63) is 64.5 Å². The summed E-state index contributed by atoms with van der Waals surface area (Å²) < 4.78 is 18.9. The van der Waals surface area contributed by atoms with Crippen LogP contribution in [0.1, 0.15) is 28.7 Å². The molecule has 0 aromatic heterocycles. The van der Waals surface area contributed by atoms with Gasteiger partial charge in [0.1, 0.15) is 25.3 Å². The zero-order valence-corrected chi connectivity index (χ0v) is 16.5. The molecule has 0 aliphatic carbocycles. The van der Waals surface area contributed by atoms with Gasteiger partial charge in [0.25, 0.3) is 5.91 Å². The maximum absolute atomic E-state index is 13.4. The van der Waals surface area contributed by atoms with E-state index in [-0.39, 0.29) is 24.0 Å². The number of rotatable bonds is 6. The van der Waals surface area contributed by atoms with Crippen LogP contribution in [-0.2, 0) is 21.1 Å². The van der Waals surface area contributed by atoms with Crippen molar-refractivity contribution in [3.63, 3.8) is 0 Å². The largest absolute Gasteiger partial charge is 0.492 e. The predicted octanol–water partition coefficient (Wildman–Crippen LogP) is 2.93. The monoisotopic (exact) mass is 399 g/mol. The zero-order valence-electron chi connectivity index (χ0n) is 16.5. The maximum atomic E-state index is 13.4. The third-order valence-electron chi connectivity index (χ3n) is 4.52. The number of fused-ring (bicyclic) bond motifs is 1. The summed E-state index contributed by atoms with van der Waals surface area (Å²) in [5.41, 5.74) is 3.82. The third kappa shape index (κ3) is 4.53. The van der Waals surface area contributed by atoms with Gasteiger partial charge in [-0.05, 0) is 24.6 Å². The van der Waals surface area contributed by atoms with E-state index < -0.39 is 0 Å². The Kier molecular flexibility index (Phi) is 6.43. The van der Waals surface area contributed by atoms with Gasteiger partial charge in [-0.1, -0.05) is 28.5 Å². The number of carbonyl (C=O) groups is 1. The SMILES string of the molecule is CNC(=O)/C(=N/OC)c1cccc(C)c1CO/N=C1\CCOc2cc(F)ccc21. The van der Waals surface area contributed by atoms with Gasteiger partial charge in [-0.2, -0.15) is 0 Å². The number of halogens is 1. The lowest BCUT2D eigenvalue weighted by molar-refractivity contribution is -0.114. The lowest BCUT2D eigenvalue weighted by atomic mass is 9.98. The van der Waals surface area contributed by atoms with Gasteiger partial charge >= 0.3 is 0 Å². The highest BCUT2D eigenvalue weighted by atomic mass is 19.1. The Balaban J connectivity index is 1.86. The molecule has 0 saturated carbocycles. The lowest BCUT2D eigenvalue weighted by Crippen LogP contribution is -2.29. The van der Waals surface area contributed by atoms with E-state index in [4.69, 9.17) is 14.4 Å². The van der Waals surface area contributed by atoms with Crippen LogP contribution >= 0.6 is 0 Å². The van der Waals surface area contributed by atoms with Crippen LogP contribution in [0.15, 0.2) is 46.7 Å². The standard InChI is InChI=1S/C21H22FN3O4/c1-13-5-4-6-15(20(25-27-3)21(26)23-2)17(13)12-29-24-18-9-10-28-19-11-14(22)7-8-16(18)19/h4-8,11H,9-10,12H2,1-3H3,(H,23,26)/b24-18+,25-20+. The molecular weight excluding hydrogens is 377 g/mol. The van der Waals surface area contributed by atoms with Crippen molar-refractivity contribution >= 4 is 17.3 Å². The third-order valence-corrected chi connectivity index (χ3v) is 4.52. The molecule has 3 rings (SSSR count). The molecular formula is C21H22FN3O4. The fourth-order valence-corrected chi connectivity index (χ4v) is 3.05. The van der Waals surface area contributed by atoms with E-state index in [1.165, 1.54) is 26.3 Å². The van der Waals surface area contributed by atoms with Crippen LogP contribution in [0.3, 0.4) is 0 Å². The van der Waals surface area contributed by atoms with Gasteiger partial charge in [0.2, 0.25) is 0 Å². The molecule has 29 heavy (non-hydrogen) atoms. The molecule has 7 nitrogen and oxygen atoms in total. The van der Waals surface area contributed by atoms with Crippen molar-refractivity contribution in [1.29, 1.82) is 0 Å². The van der Waals surface area contributed by atoms with Gasteiger partial charge in [-0.25, -0.2) is 4.39 Å². The van der Waals surface area contributed by atoms with Crippen LogP contribution in [0, 0.1) is 12.7 Å². The van der Waals surface area contributed by atoms with Gasteiger partial charge in [-0.15, -0.1) is 0 Å². The first kappa shape index (κ1) is 20.3. The molecule has 0 unspecified atom stereocenters. The van der Waals surface area contributed by atoms with Gasteiger partial charge in [0.05, 0.1) is 12.3 Å². The lowest BCUT2D eigenvalue weighted by Gasteiger charge is -2.19. The summed E-state index contributed by atoms with van der Waals surface area (Å²) in [6.07, 6.45) is 0.549. The molecule has 152 valence electrons. The van der Waals surface area contributed by atoms with Crippen LogP contribution in [0.4, 0.5) is 4.39 Å². The molecule has 0 atom stereocenters. The topological polar surface area (TPSA) is 81.5 Å². The molecule has 8 heteroatoms. The number of amides is 1. The number of hydrogen-bond acceptors (Lipinski definition) is 6. The summed E-state index contributed by atoms with van der Waals surface area (Å²) in [6, 6.07) is 9.84. The van der Waals surface area contributed by atoms with Crippen molar-refractivity contribution < 1.29 is 23.6 Å². The number of benzene rings is 2. The molecule has 0 fully saturated rings. The molecule has 0 bridgehead atoms. The van der Waals surface area contributed by atoms with Gasteiger partial charge < -0.3 is 19.7 Å². The minimum absolute atomic E-state index is 0.128. The average molecular weight is 399 g/mol. The second-order valence-corrected chi connectivity index (χ2v) is 6.35. The predicted molar refractivity (Wildman–Crippen MR) is 107 cm³/mol. The summed E-state index contributed by atoms with van der Waals surface area (Å²) in [7, 11) is 2.91. The first-order valence-corrected chi connectivity index (χ1v) is 9.08. The van der Waals surface area contributed by atoms with E-state index in [1.807, 2.05) is 19.1 Å². The molecule has 1 N–H and O–H groups in total. The van der Waals surface area contributed by atoms with Crippen molar-refractivity contribution in [1.82, 2.24) is 5.32 Å². The molecule has 2 aromatic carbocycles. The smallest absolute Gasteiger partial charge is 0.273 e. The Morgan fingerprint density at radius 3 is 2.90 bits per heavy atom. The van der Waals surface area contributed by atoms with Crippen molar-refractivity contribution in [2.45, 2.75) is 20.0 Å². The van der Waals surface area contributed by atoms with E-state index in [0.717, 1.165) is 11.1 Å². The zero-order chi connectivity index (χ0) is 20.8. The Labute approximate surface area is 168 Å². The molecule has 1 aliphatic heterocycles. The van der Waals surface area contributed by atoms with E-state index in [9.17, 15) is 9.18 Å². The fourth-order valence-electron chi connectivity index (χ4n) is 3.05. The normalized spacial score (nSPS) is 14.8. The molecule has 0 saturated heterocycles. The molecule has 1 heterocycles. The quantitative estimate of drug-likeness (QED) is 0.598. The summed E-state index contributed by atoms with van der Waals surface area (Å²) in [4.78, 5) is 22.7. The van der Waals surface area contributed by atoms with Crippen LogP contribution in [0.5, 0.6) is 5.75 Å². The number of hydrogen-bond donors (Lipinski definition) is 1. The van der Waals surface area contributed by atoms with Gasteiger partial charge in [0.15, 0.2) is 5.71 Å². The summed E-state index contributed by atoms with van der Waals surface area (Å²) in [6.45, 7) is 2.44. The van der Waals surface area contributed by atoms with Crippen molar-refractivity contribution in [2.75, 3.05) is 20.8 Å². The minimum Gasteiger partial charge on any atom is -0.492 e. The second kappa shape index (κ2) is 9.18. The summed E-state index contributed by atoms with van der Waals surface area (Å²) >= 11 is 0. The van der Waals surface area contributed by atoms with Crippen LogP contribution in [0.25, 0.3) is 0 Å². The Hall–Kier alpha value is -3.42. The van der Waals surface area contributed by atoms with Crippen LogP contribution in [-0.4, -0.2) is 38.1 Å². The number of likely N-dealkylation sites (N-methyl/N-ethyl adjacent to an activating group) is 1. The summed E-state index contributed by atoms with van der Waals surface area (Å²) in [5.74, 6) is -0.288. The van der Waals surface area contributed by atoms with E-state index in [2.05, 4.69) is 15.6 Å². The molecule has 0 radical (unpaired) electrons. The Bertz CT molecular complexity index is 972. The fraction of sp³-hybridized carbons (Fsp3) is 0.286. The molecule has 2 aromatic rings. The highest BCUT2D eigenvalue weighted by molar-refractivity contribution is 6.45. The first-order valence-electron chi connectivity index (χ1n) is 9.08. The van der Waals surface area contributed by atoms with Gasteiger partial charge in [-0.3, -0.25) is 4.79 Å². The van der Waals surface area contributed by atoms with E-state index >= 15 is 0 Å². The minimum atomic E-state index is -0.370. The van der Waals surface area contributed by atoms with E-state index in [1.54, 1.807) is 12.1 Å². The molecule has 1 amide bonds. The van der Waals surface area contributed by atoms with E-state index in [0.29, 0.717) is 35.6 Å². The Morgan fingerprint density at radius 2 is 2.14 bits per heavy atom. The highest BCUT2D eigenvalue weighted by Crippen LogP contribution is 2.26. The highest BCUT2D eigenvalue weighted by Gasteiger charge is 2.20. The number of nitrogens with one attached hydrogen (secondary N) is 1. The number of nitrogens with zero attached hydrogens (tertiary/aromatic N) is 2. The number of ether oxygens (including phenoxy) is 1. The second-order valence-electron chi connectivity index (χ2n) is 6.35. The van der Waals surface area contributed by atoms with Crippen LogP contribution in [0.2, 0.25) is 0 Å². The van der Waals surface area contributed by atoms with Crippen molar-refractivity contribution in [2.24, 2.45) is 10.3 Å². The maximum Gasteiger partial charge on any atom is 0.273 e. The van der Waals surface area contributed by atoms with Crippen LogP contribution < -0.4 is 10.1 Å². The molecule has 1 aliphatic rings. The first-order chi connectivity index (χ1) is 14.0. The number of oxime groups is 2. The van der Waals surface area contributed by atoms with Crippen molar-refractivity contribution in [3.8, 4) is 5.75 Å². The van der Waals surface area contributed by atoms with Gasteiger partial charge in [0, 0.05) is 36.2 Å². The average Bonchev–Trinajstić information content (AvgIpc) is 2.72.